The third-order valence-electron chi connectivity index (χ3n) is 3.02. The molecule has 0 unspecified atom stereocenters. The minimum atomic E-state index is -0.268. The number of anilines is 2. The topological polar surface area (TPSA) is 67.4 Å². The summed E-state index contributed by atoms with van der Waals surface area (Å²) in [6.07, 6.45) is 0. The fourth-order valence-electron chi connectivity index (χ4n) is 2.04. The van der Waals surface area contributed by atoms with Gasteiger partial charge in [-0.05, 0) is 40.2 Å². The van der Waals surface area contributed by atoms with Crippen LogP contribution in [0.3, 0.4) is 0 Å². The molecule has 1 aliphatic rings. The van der Waals surface area contributed by atoms with Crippen LogP contribution in [-0.4, -0.2) is 18.4 Å². The Balaban J connectivity index is 1.91. The van der Waals surface area contributed by atoms with Crippen molar-refractivity contribution in [2.75, 3.05) is 17.2 Å². The third kappa shape index (κ3) is 2.75. The van der Waals surface area contributed by atoms with Crippen molar-refractivity contribution >= 4 is 39.1 Å². The van der Waals surface area contributed by atoms with Crippen molar-refractivity contribution in [3.63, 3.8) is 0 Å². The fourth-order valence-corrected chi connectivity index (χ4v) is 2.50. The first kappa shape index (κ1) is 13.6. The van der Waals surface area contributed by atoms with Crippen molar-refractivity contribution in [1.82, 2.24) is 0 Å². The Labute approximate surface area is 129 Å². The Morgan fingerprint density at radius 3 is 2.81 bits per heavy atom. The van der Waals surface area contributed by atoms with Crippen molar-refractivity contribution in [3.8, 4) is 5.75 Å². The molecule has 0 saturated carbocycles. The number of benzene rings is 2. The largest absolute Gasteiger partial charge is 0.481 e. The second-order valence-corrected chi connectivity index (χ2v) is 5.30. The Morgan fingerprint density at radius 1 is 1.19 bits per heavy atom. The van der Waals surface area contributed by atoms with Gasteiger partial charge >= 0.3 is 0 Å². The van der Waals surface area contributed by atoms with Gasteiger partial charge in [-0.1, -0.05) is 18.2 Å². The summed E-state index contributed by atoms with van der Waals surface area (Å²) in [4.78, 5) is 23.7. The van der Waals surface area contributed by atoms with Crippen molar-refractivity contribution in [1.29, 1.82) is 0 Å². The molecular weight excluding hydrogens is 336 g/mol. The molecule has 2 aromatic carbocycles. The summed E-state index contributed by atoms with van der Waals surface area (Å²) in [5.41, 5.74) is 1.49. The van der Waals surface area contributed by atoms with E-state index in [1.54, 1.807) is 36.4 Å². The van der Waals surface area contributed by atoms with Gasteiger partial charge in [0, 0.05) is 4.47 Å². The van der Waals surface area contributed by atoms with Gasteiger partial charge in [0.05, 0.1) is 11.3 Å². The van der Waals surface area contributed by atoms with Crippen molar-refractivity contribution in [3.05, 3.63) is 52.5 Å². The average molecular weight is 347 g/mol. The molecule has 0 radical (unpaired) electrons. The monoisotopic (exact) mass is 346 g/mol. The smallest absolute Gasteiger partial charge is 0.262 e. The van der Waals surface area contributed by atoms with Gasteiger partial charge in [-0.15, -0.1) is 0 Å². The van der Waals surface area contributed by atoms with Crippen LogP contribution < -0.4 is 15.4 Å². The molecule has 2 aromatic rings. The van der Waals surface area contributed by atoms with Gasteiger partial charge < -0.3 is 15.4 Å². The number of hydrogen-bond acceptors (Lipinski definition) is 3. The van der Waals surface area contributed by atoms with Gasteiger partial charge in [0.1, 0.15) is 11.4 Å². The minimum absolute atomic E-state index is 0.0192. The molecule has 0 aromatic heterocycles. The Morgan fingerprint density at radius 2 is 2.00 bits per heavy atom. The van der Waals surface area contributed by atoms with E-state index in [1.165, 1.54) is 0 Å². The number of rotatable bonds is 2. The molecule has 1 aliphatic heterocycles. The molecule has 5 nitrogen and oxygen atoms in total. The molecule has 1 heterocycles. The van der Waals surface area contributed by atoms with Crippen molar-refractivity contribution in [2.45, 2.75) is 0 Å². The average Bonchev–Trinajstić information content (AvgIpc) is 2.48. The maximum absolute atomic E-state index is 12.3. The number of fused-ring (bicyclic) bond motifs is 1. The second kappa shape index (κ2) is 5.57. The van der Waals surface area contributed by atoms with Crippen LogP contribution in [0.15, 0.2) is 46.9 Å². The first-order valence-corrected chi connectivity index (χ1v) is 7.06. The highest BCUT2D eigenvalue weighted by atomic mass is 79.9. The minimum Gasteiger partial charge on any atom is -0.481 e. The summed E-state index contributed by atoms with van der Waals surface area (Å²) < 4.78 is 6.02. The van der Waals surface area contributed by atoms with Crippen LogP contribution >= 0.6 is 15.9 Å². The number of ether oxygens (including phenoxy) is 1. The van der Waals surface area contributed by atoms with Crippen LogP contribution in [0.5, 0.6) is 5.75 Å². The predicted octanol–water partition coefficient (Wildman–Crippen LogP) is 3.03. The van der Waals surface area contributed by atoms with Crippen LogP contribution in [-0.2, 0) is 4.79 Å². The molecular formula is C15H11BrN2O3. The molecule has 2 N–H and O–H groups in total. The normalized spacial score (nSPS) is 12.9. The Hall–Kier alpha value is -2.34. The van der Waals surface area contributed by atoms with Crippen LogP contribution in [0.4, 0.5) is 11.4 Å². The van der Waals surface area contributed by atoms with E-state index in [-0.39, 0.29) is 18.4 Å². The summed E-state index contributed by atoms with van der Waals surface area (Å²) in [5, 5.41) is 5.49. The molecule has 2 amide bonds. The molecule has 21 heavy (non-hydrogen) atoms. The quantitative estimate of drug-likeness (QED) is 0.878. The zero-order valence-electron chi connectivity index (χ0n) is 10.9. The van der Waals surface area contributed by atoms with E-state index < -0.39 is 0 Å². The number of carbonyl (C=O) groups excluding carboxylic acids is 2. The first-order valence-electron chi connectivity index (χ1n) is 6.26. The SMILES string of the molecule is O=C1COc2cccc(NC(=O)c3ccccc3Br)c2N1. The summed E-state index contributed by atoms with van der Waals surface area (Å²) in [6, 6.07) is 12.3. The molecule has 3 rings (SSSR count). The summed E-state index contributed by atoms with van der Waals surface area (Å²) >= 11 is 3.34. The van der Waals surface area contributed by atoms with E-state index in [4.69, 9.17) is 4.74 Å². The second-order valence-electron chi connectivity index (χ2n) is 4.45. The van der Waals surface area contributed by atoms with E-state index in [0.29, 0.717) is 27.2 Å². The summed E-state index contributed by atoms with van der Waals surface area (Å²) in [5.74, 6) is 0.0281. The van der Waals surface area contributed by atoms with Gasteiger partial charge in [0.15, 0.2) is 6.61 Å². The highest BCUT2D eigenvalue weighted by molar-refractivity contribution is 9.10. The van der Waals surface area contributed by atoms with Crippen LogP contribution in [0.2, 0.25) is 0 Å². The fraction of sp³-hybridized carbons (Fsp3) is 0.0667. The van der Waals surface area contributed by atoms with E-state index >= 15 is 0 Å². The molecule has 0 fully saturated rings. The zero-order chi connectivity index (χ0) is 14.8. The molecule has 0 bridgehead atoms. The van der Waals surface area contributed by atoms with E-state index in [1.807, 2.05) is 6.07 Å². The molecule has 0 atom stereocenters. The van der Waals surface area contributed by atoms with E-state index in [2.05, 4.69) is 26.6 Å². The van der Waals surface area contributed by atoms with Crippen molar-refractivity contribution in [2.24, 2.45) is 0 Å². The molecule has 0 spiro atoms. The van der Waals surface area contributed by atoms with Gasteiger partial charge in [-0.25, -0.2) is 0 Å². The number of carbonyl (C=O) groups is 2. The van der Waals surface area contributed by atoms with E-state index in [9.17, 15) is 9.59 Å². The summed E-state index contributed by atoms with van der Waals surface area (Å²) in [7, 11) is 0. The standard InChI is InChI=1S/C15H11BrN2O3/c16-10-5-2-1-4-9(10)15(20)17-11-6-3-7-12-14(11)18-13(19)8-21-12/h1-7H,8H2,(H,17,20)(H,18,19). The van der Waals surface area contributed by atoms with Gasteiger partial charge in [0.25, 0.3) is 11.8 Å². The van der Waals surface area contributed by atoms with Gasteiger partial charge in [0.2, 0.25) is 0 Å². The predicted molar refractivity (Wildman–Crippen MR) is 82.7 cm³/mol. The lowest BCUT2D eigenvalue weighted by Gasteiger charge is -2.21. The first-order chi connectivity index (χ1) is 10.1. The number of nitrogens with one attached hydrogen (secondary N) is 2. The lowest BCUT2D eigenvalue weighted by atomic mass is 10.2. The Bertz CT molecular complexity index is 731. The van der Waals surface area contributed by atoms with Crippen molar-refractivity contribution < 1.29 is 14.3 Å². The maximum atomic E-state index is 12.3. The van der Waals surface area contributed by atoms with Gasteiger partial charge in [-0.3, -0.25) is 9.59 Å². The maximum Gasteiger partial charge on any atom is 0.262 e. The number of hydrogen-bond donors (Lipinski definition) is 2. The lowest BCUT2D eigenvalue weighted by Crippen LogP contribution is -2.26. The molecule has 0 saturated heterocycles. The third-order valence-corrected chi connectivity index (χ3v) is 3.71. The van der Waals surface area contributed by atoms with Gasteiger partial charge in [-0.2, -0.15) is 0 Å². The number of amides is 2. The van der Waals surface area contributed by atoms with Crippen LogP contribution in [0.25, 0.3) is 0 Å². The molecule has 0 aliphatic carbocycles. The lowest BCUT2D eigenvalue weighted by molar-refractivity contribution is -0.118. The number of halogens is 1. The molecule has 106 valence electrons. The summed E-state index contributed by atoms with van der Waals surface area (Å²) in [6.45, 7) is -0.0192. The molecule has 6 heteroatoms. The Kier molecular flexibility index (Phi) is 3.62. The number of para-hydroxylation sites is 1. The zero-order valence-corrected chi connectivity index (χ0v) is 12.4. The van der Waals surface area contributed by atoms with Crippen LogP contribution in [0, 0.1) is 0 Å². The highest BCUT2D eigenvalue weighted by Crippen LogP contribution is 2.35. The van der Waals surface area contributed by atoms with E-state index in [0.717, 1.165) is 0 Å². The van der Waals surface area contributed by atoms with Crippen LogP contribution in [0.1, 0.15) is 10.4 Å². The highest BCUT2D eigenvalue weighted by Gasteiger charge is 2.20.